The number of nitrogen functional groups attached to an aromatic ring is 1. The summed E-state index contributed by atoms with van der Waals surface area (Å²) in [7, 11) is 3.17. The first kappa shape index (κ1) is 89.7. The lowest BCUT2D eigenvalue weighted by atomic mass is 9.99. The second kappa shape index (κ2) is 38.2. The molecular formula is C91H88Cl4N22O6S4. The van der Waals surface area contributed by atoms with Gasteiger partial charge >= 0.3 is 0 Å². The summed E-state index contributed by atoms with van der Waals surface area (Å²) < 4.78 is 13.2. The van der Waals surface area contributed by atoms with Crippen LogP contribution in [-0.4, -0.2) is 143 Å². The number of carbonyl (C=O) groups excluding carboxylic acids is 4. The fraction of sp³-hybridized carbons (Fsp3) is 0.264. The molecule has 36 heteroatoms. The van der Waals surface area contributed by atoms with Crippen LogP contribution in [0.3, 0.4) is 0 Å². The van der Waals surface area contributed by atoms with Crippen LogP contribution in [0.2, 0.25) is 20.1 Å². The summed E-state index contributed by atoms with van der Waals surface area (Å²) in [6, 6.07) is 39.0. The molecule has 0 saturated heterocycles. The molecular weight excluding hydrogens is 1770 g/mol. The number of anilines is 3. The normalized spacial score (nSPS) is 15.0. The zero-order chi connectivity index (χ0) is 90.1. The fourth-order valence-corrected chi connectivity index (χ4v) is 20.5. The topological polar surface area (TPSA) is 357 Å². The number of fused-ring (bicyclic) bond motifs is 12. The van der Waals surface area contributed by atoms with Gasteiger partial charge in [0.25, 0.3) is 0 Å². The van der Waals surface area contributed by atoms with E-state index in [1.54, 1.807) is 102 Å². The zero-order valence-electron chi connectivity index (χ0n) is 71.6. The molecule has 28 nitrogen and oxygen atoms in total. The number of hydrogen-bond acceptors (Lipinski definition) is 24. The third-order valence-corrected chi connectivity index (χ3v) is 27.9. The Morgan fingerprint density at radius 1 is 0.394 bits per heavy atom. The number of carbonyl (C=O) groups is 4. The molecule has 18 rings (SSSR count). The second-order valence-corrected chi connectivity index (χ2v) is 37.0. The maximum Gasteiger partial charge on any atom is 0.227 e. The maximum absolute atomic E-state index is 13.1. The van der Waals surface area contributed by atoms with E-state index < -0.39 is 24.2 Å². The first-order chi connectivity index (χ1) is 61.0. The number of thiophene rings is 4. The third kappa shape index (κ3) is 18.7. The molecule has 13 heterocycles. The Morgan fingerprint density at radius 3 is 0.953 bits per heavy atom. The van der Waals surface area contributed by atoms with Gasteiger partial charge in [0, 0.05) is 115 Å². The van der Waals surface area contributed by atoms with E-state index >= 15 is 0 Å². The molecule has 0 spiro atoms. The Hall–Kier alpha value is -12.1. The number of aliphatic hydroxyl groups is 1. The Bertz CT molecular complexity index is 6680. The number of amides is 4. The van der Waals surface area contributed by atoms with Crippen LogP contribution in [0, 0.1) is 83.1 Å². The highest BCUT2D eigenvalue weighted by atomic mass is 35.5. The highest BCUT2D eigenvalue weighted by molar-refractivity contribution is 7.16. The highest BCUT2D eigenvalue weighted by Crippen LogP contribution is 2.46. The van der Waals surface area contributed by atoms with E-state index in [1.807, 2.05) is 143 Å². The quantitative estimate of drug-likeness (QED) is 0.0461. The van der Waals surface area contributed by atoms with Gasteiger partial charge in [-0.05, 0) is 184 Å². The van der Waals surface area contributed by atoms with E-state index in [2.05, 4.69) is 122 Å². The molecule has 4 amide bonds. The highest BCUT2D eigenvalue weighted by Gasteiger charge is 2.38. The molecule has 4 aliphatic heterocycles. The van der Waals surface area contributed by atoms with Gasteiger partial charge in [-0.1, -0.05) is 94.9 Å². The van der Waals surface area contributed by atoms with Gasteiger partial charge in [-0.2, -0.15) is 0 Å². The molecule has 0 aliphatic carbocycles. The van der Waals surface area contributed by atoms with Gasteiger partial charge in [-0.15, -0.1) is 86.1 Å². The second-order valence-electron chi connectivity index (χ2n) is 30.5. The molecule has 0 bridgehead atoms. The van der Waals surface area contributed by atoms with Crippen molar-refractivity contribution in [3.8, 4) is 25.9 Å². The SMILES string of the molecule is CNC(=O)CC1N=C(c2ccc(Cl)cc2)c2c(sc(C)c2C)-n2c(C)nnc21.COc1ccc(NC(=O)C[C@@H]2N=C(c3ccc(Cl)cc3)c3c(sc(C)c3C)-n3c(C)nnc32)cn1.Cc1sc2c(c1C)C(c1ccc(Cl)cc1)=NC(CC(=O)NCCO)c1nnc(C)n1-2.Cc1sc2c(c1C)C(c1ccc(Cl)cc1)=NC(CC(=O)Nc1ccc(N)cc1)c1nnc(C)n1-2. The molecule has 127 heavy (non-hydrogen) atoms. The number of ether oxygens (including phenoxy) is 1. The van der Waals surface area contributed by atoms with Crippen molar-refractivity contribution in [1.29, 1.82) is 0 Å². The summed E-state index contributed by atoms with van der Waals surface area (Å²) in [4.78, 5) is 80.0. The van der Waals surface area contributed by atoms with Crippen LogP contribution in [0.25, 0.3) is 20.0 Å². The first-order valence-electron chi connectivity index (χ1n) is 40.5. The summed E-state index contributed by atoms with van der Waals surface area (Å²) in [5.74, 6) is 5.48. The van der Waals surface area contributed by atoms with Crippen molar-refractivity contribution in [2.45, 2.75) is 133 Å². The van der Waals surface area contributed by atoms with E-state index in [0.717, 1.165) is 127 Å². The van der Waals surface area contributed by atoms with Gasteiger partial charge in [0.05, 0.1) is 74.1 Å². The molecule has 0 radical (unpaired) electrons. The molecule has 4 aliphatic rings. The molecule has 3 unspecified atom stereocenters. The monoisotopic (exact) mass is 1850 g/mol. The van der Waals surface area contributed by atoms with Gasteiger partial charge in [0.2, 0.25) is 29.5 Å². The predicted molar refractivity (Wildman–Crippen MR) is 505 cm³/mol. The van der Waals surface area contributed by atoms with Crippen LogP contribution in [0.5, 0.6) is 5.88 Å². The fourth-order valence-electron chi connectivity index (χ4n) is 15.2. The number of halogens is 4. The van der Waals surface area contributed by atoms with Gasteiger partial charge in [0.1, 0.15) is 67.5 Å². The number of benzene rings is 5. The summed E-state index contributed by atoms with van der Waals surface area (Å²) >= 11 is 31.2. The van der Waals surface area contributed by atoms with Crippen molar-refractivity contribution in [2.24, 2.45) is 20.0 Å². The van der Waals surface area contributed by atoms with Crippen molar-refractivity contribution in [1.82, 2.24) is 74.7 Å². The van der Waals surface area contributed by atoms with Crippen LogP contribution in [-0.2, 0) is 19.2 Å². The Morgan fingerprint density at radius 2 is 0.677 bits per heavy atom. The average molecular weight is 1860 g/mol. The first-order valence-corrected chi connectivity index (χ1v) is 45.2. The number of aryl methyl sites for hydroxylation is 8. The third-order valence-electron chi connectivity index (χ3n) is 22.1. The predicted octanol–water partition coefficient (Wildman–Crippen LogP) is 17.9. The lowest BCUT2D eigenvalue weighted by molar-refractivity contribution is -0.122. The number of aliphatic hydroxyl groups excluding tert-OH is 1. The van der Waals surface area contributed by atoms with Crippen LogP contribution in [0.4, 0.5) is 17.1 Å². The molecule has 5 aromatic carbocycles. The number of nitrogens with one attached hydrogen (secondary N) is 4. The average Bonchev–Trinajstić information content (AvgIpc) is 1.61. The minimum Gasteiger partial charge on any atom is -0.481 e. The smallest absolute Gasteiger partial charge is 0.227 e. The minimum atomic E-state index is -0.535. The summed E-state index contributed by atoms with van der Waals surface area (Å²) in [6.45, 7) is 24.5. The largest absolute Gasteiger partial charge is 0.481 e. The number of aromatic nitrogens is 13. The number of rotatable bonds is 17. The number of aliphatic imine (C=N–C) groups is 4. The number of hydrogen-bond donors (Lipinski definition) is 6. The van der Waals surface area contributed by atoms with E-state index in [1.165, 1.54) is 25.1 Å². The summed E-state index contributed by atoms with van der Waals surface area (Å²) in [5.41, 5.74) is 23.5. The zero-order valence-corrected chi connectivity index (χ0v) is 77.9. The lowest BCUT2D eigenvalue weighted by Crippen LogP contribution is -2.28. The summed E-state index contributed by atoms with van der Waals surface area (Å²) in [6.07, 6.45) is 2.09. The molecule has 0 fully saturated rings. The Labute approximate surface area is 768 Å². The van der Waals surface area contributed by atoms with Gasteiger partial charge < -0.3 is 36.8 Å². The van der Waals surface area contributed by atoms with E-state index in [-0.39, 0.29) is 62.5 Å². The van der Waals surface area contributed by atoms with Crippen molar-refractivity contribution in [2.75, 3.05) is 43.7 Å². The Kier molecular flexibility index (Phi) is 27.0. The molecule has 4 atom stereocenters. The Balaban J connectivity index is 0.000000131. The van der Waals surface area contributed by atoms with E-state index in [0.29, 0.717) is 66.3 Å². The van der Waals surface area contributed by atoms with Crippen LogP contribution in [0.1, 0.15) is 183 Å². The van der Waals surface area contributed by atoms with Crippen molar-refractivity contribution in [3.63, 3.8) is 0 Å². The van der Waals surface area contributed by atoms with E-state index in [9.17, 15) is 19.2 Å². The van der Waals surface area contributed by atoms with Crippen molar-refractivity contribution < 1.29 is 29.0 Å². The molecule has 14 aromatic rings. The van der Waals surface area contributed by atoms with Crippen LogP contribution >= 0.6 is 91.8 Å². The van der Waals surface area contributed by atoms with E-state index in [4.69, 9.17) is 82.0 Å². The number of nitrogens with two attached hydrogens (primary N) is 1. The standard InChI is InChI=1S/C25H23ClN6O2S.C25H23ClN6OS.C21H22ClN5O2S.C20H20ClN5OS/c1-13-14(2)35-25-22(13)23(16-5-7-17(26)8-6-16)29-19(24-31-30-15(3)32(24)25)11-20(33)28-18-9-10-21(34-4)27-12-18;1-13-14(2)34-25-22(13)23(16-4-6-17(26)7-5-16)29-20(24-31-30-15(3)32(24)25)12-21(33)28-19-10-8-18(27)9-11-19;1-11-12(2)30-21-18(11)19(14-4-6-15(22)7-5-14)24-16(10-17(29)23-8-9-28)20-26-25-13(3)27(20)21;1-10-11(2)28-20-17(10)18(13-5-7-14(21)8-6-13)23-15(9-16(27)22-4)19-25-24-12(3)26(19)20/h5-10,12,19H,11H2,1-4H3,(H,28,33);4-11,20H,12,27H2,1-3H3,(H,28,33);4-7,16,28H,8-10H2,1-3H3,(H,23,29);5-8,15H,9H2,1-4H3,(H,22,27)/t19-;;;/m0.../s1. The number of pyridine rings is 1. The van der Waals surface area contributed by atoms with Crippen molar-refractivity contribution in [3.05, 3.63) is 293 Å². The number of methoxy groups -OCH3 is 1. The van der Waals surface area contributed by atoms with Gasteiger partial charge in [-0.25, -0.2) is 4.98 Å². The lowest BCUT2D eigenvalue weighted by Gasteiger charge is -2.13. The molecule has 7 N–H and O–H groups in total. The number of nitrogens with zero attached hydrogens (tertiary/aromatic N) is 17. The summed E-state index contributed by atoms with van der Waals surface area (Å²) in [5, 5.41) is 61.8. The van der Waals surface area contributed by atoms with Crippen LogP contribution < -0.4 is 31.7 Å². The molecule has 0 saturated carbocycles. The molecule has 9 aromatic heterocycles. The molecule has 650 valence electrons. The van der Waals surface area contributed by atoms with Gasteiger partial charge in [-0.3, -0.25) is 57.4 Å². The maximum atomic E-state index is 13.1. The minimum absolute atomic E-state index is 0.0884. The van der Waals surface area contributed by atoms with Crippen LogP contribution in [0.15, 0.2) is 160 Å². The van der Waals surface area contributed by atoms with Gasteiger partial charge in [0.15, 0.2) is 23.3 Å². The van der Waals surface area contributed by atoms with Crippen molar-refractivity contribution >= 4 is 155 Å².